The van der Waals surface area contributed by atoms with E-state index in [9.17, 15) is 4.79 Å². The third kappa shape index (κ3) is 5.54. The molecule has 0 aliphatic carbocycles. The molecule has 1 amide bonds. The molecule has 2 heterocycles. The summed E-state index contributed by atoms with van der Waals surface area (Å²) < 4.78 is 5.68. The maximum absolute atomic E-state index is 12.2. The average Bonchev–Trinajstić information content (AvgIpc) is 3.44. The van der Waals surface area contributed by atoms with E-state index in [1.807, 2.05) is 31.2 Å². The van der Waals surface area contributed by atoms with Crippen LogP contribution < -0.4 is 5.32 Å². The van der Waals surface area contributed by atoms with Gasteiger partial charge in [-0.2, -0.15) is 0 Å². The van der Waals surface area contributed by atoms with E-state index >= 15 is 0 Å². The van der Waals surface area contributed by atoms with Gasteiger partial charge in [-0.05, 0) is 56.1 Å². The molecule has 1 N–H and O–H groups in total. The topological polar surface area (TPSA) is 71.3 Å². The lowest BCUT2D eigenvalue weighted by molar-refractivity contribution is -0.121. The van der Waals surface area contributed by atoms with Gasteiger partial charge in [0.05, 0.1) is 0 Å². The lowest BCUT2D eigenvalue weighted by Crippen LogP contribution is -2.23. The molecule has 3 aromatic rings. The number of nitrogens with one attached hydrogen (secondary N) is 1. The summed E-state index contributed by atoms with van der Waals surface area (Å²) in [5.41, 5.74) is 4.49. The molecule has 0 bridgehead atoms. The summed E-state index contributed by atoms with van der Waals surface area (Å²) >= 11 is 0. The summed E-state index contributed by atoms with van der Waals surface area (Å²) in [6, 6.07) is 16.4. The lowest BCUT2D eigenvalue weighted by Gasteiger charge is -2.14. The molecule has 2 aromatic carbocycles. The summed E-state index contributed by atoms with van der Waals surface area (Å²) in [4.78, 5) is 14.7. The highest BCUT2D eigenvalue weighted by molar-refractivity contribution is 5.76. The average molecular weight is 405 g/mol. The van der Waals surface area contributed by atoms with Gasteiger partial charge in [0.2, 0.25) is 17.7 Å². The summed E-state index contributed by atoms with van der Waals surface area (Å²) in [5, 5.41) is 11.1. The number of amides is 1. The van der Waals surface area contributed by atoms with Gasteiger partial charge >= 0.3 is 0 Å². The van der Waals surface area contributed by atoms with Gasteiger partial charge in [0.25, 0.3) is 0 Å². The van der Waals surface area contributed by atoms with E-state index < -0.39 is 0 Å². The fourth-order valence-electron chi connectivity index (χ4n) is 3.64. The van der Waals surface area contributed by atoms with E-state index in [4.69, 9.17) is 4.42 Å². The molecule has 156 valence electrons. The van der Waals surface area contributed by atoms with Crippen molar-refractivity contribution in [1.29, 1.82) is 0 Å². The molecule has 1 aliphatic heterocycles. The van der Waals surface area contributed by atoms with Crippen LogP contribution >= 0.6 is 0 Å². The largest absolute Gasteiger partial charge is 0.421 e. The van der Waals surface area contributed by atoms with E-state index in [0.717, 1.165) is 17.7 Å². The van der Waals surface area contributed by atoms with E-state index in [1.54, 1.807) is 0 Å². The molecule has 0 spiro atoms. The Hall–Kier alpha value is -2.99. The van der Waals surface area contributed by atoms with Gasteiger partial charge in [0, 0.05) is 31.5 Å². The van der Waals surface area contributed by atoms with Gasteiger partial charge < -0.3 is 9.73 Å². The van der Waals surface area contributed by atoms with Crippen LogP contribution in [0.3, 0.4) is 0 Å². The van der Waals surface area contributed by atoms with Gasteiger partial charge in [-0.25, -0.2) is 0 Å². The monoisotopic (exact) mass is 404 g/mol. The Balaban J connectivity index is 1.21. The highest BCUT2D eigenvalue weighted by Crippen LogP contribution is 2.19. The van der Waals surface area contributed by atoms with Gasteiger partial charge in [0.15, 0.2) is 0 Å². The second-order valence-electron chi connectivity index (χ2n) is 7.94. The van der Waals surface area contributed by atoms with Gasteiger partial charge in [-0.15, -0.1) is 10.2 Å². The first-order valence-corrected chi connectivity index (χ1v) is 10.6. The van der Waals surface area contributed by atoms with Crippen LogP contribution in [-0.4, -0.2) is 34.1 Å². The zero-order chi connectivity index (χ0) is 20.8. The third-order valence-corrected chi connectivity index (χ3v) is 5.45. The highest BCUT2D eigenvalue weighted by atomic mass is 16.4. The molecule has 0 saturated carbocycles. The van der Waals surface area contributed by atoms with Crippen LogP contribution in [0.2, 0.25) is 0 Å². The minimum Gasteiger partial charge on any atom is -0.421 e. The molecule has 1 aliphatic rings. The lowest BCUT2D eigenvalue weighted by atomic mass is 10.1. The zero-order valence-electron chi connectivity index (χ0n) is 17.4. The van der Waals surface area contributed by atoms with Crippen molar-refractivity contribution in [2.24, 2.45) is 0 Å². The minimum atomic E-state index is -0.0220. The number of nitrogens with zero attached hydrogens (tertiary/aromatic N) is 3. The Morgan fingerprint density at radius 2 is 1.70 bits per heavy atom. The molecule has 6 heteroatoms. The quantitative estimate of drug-likeness (QED) is 0.617. The highest BCUT2D eigenvalue weighted by Gasteiger charge is 2.12. The second kappa shape index (κ2) is 9.67. The smallest absolute Gasteiger partial charge is 0.247 e. The summed E-state index contributed by atoms with van der Waals surface area (Å²) in [5.74, 6) is 0.942. The van der Waals surface area contributed by atoms with Crippen molar-refractivity contribution in [3.8, 4) is 11.5 Å². The van der Waals surface area contributed by atoms with Gasteiger partial charge in [-0.1, -0.05) is 42.0 Å². The summed E-state index contributed by atoms with van der Waals surface area (Å²) in [6.45, 7) is 5.97. The molecule has 30 heavy (non-hydrogen) atoms. The van der Waals surface area contributed by atoms with Crippen molar-refractivity contribution in [1.82, 2.24) is 20.4 Å². The third-order valence-electron chi connectivity index (χ3n) is 5.45. The van der Waals surface area contributed by atoms with Crippen molar-refractivity contribution >= 4 is 5.91 Å². The normalized spacial score (nSPS) is 14.2. The maximum atomic E-state index is 12.2. The molecule has 0 unspecified atom stereocenters. The van der Waals surface area contributed by atoms with Crippen molar-refractivity contribution in [3.05, 3.63) is 71.1 Å². The van der Waals surface area contributed by atoms with Crippen LogP contribution in [0.1, 0.15) is 41.8 Å². The molecule has 1 fully saturated rings. The predicted octanol–water partition coefficient (Wildman–Crippen LogP) is 3.89. The van der Waals surface area contributed by atoms with Crippen LogP contribution in [0.5, 0.6) is 0 Å². The number of aryl methyl sites for hydroxylation is 2. The van der Waals surface area contributed by atoms with E-state index in [-0.39, 0.29) is 5.91 Å². The Labute approximate surface area is 177 Å². The molecule has 4 rings (SSSR count). The van der Waals surface area contributed by atoms with Crippen LogP contribution in [-0.2, 0) is 24.3 Å². The molecule has 1 saturated heterocycles. The second-order valence-corrected chi connectivity index (χ2v) is 7.94. The van der Waals surface area contributed by atoms with Crippen molar-refractivity contribution < 1.29 is 9.21 Å². The Morgan fingerprint density at radius 1 is 1.00 bits per heavy atom. The number of carbonyl (C=O) groups is 1. The number of aromatic nitrogens is 2. The van der Waals surface area contributed by atoms with Crippen LogP contribution in [0, 0.1) is 6.92 Å². The fraction of sp³-hybridized carbons (Fsp3) is 0.375. The molecular weight excluding hydrogens is 376 g/mol. The van der Waals surface area contributed by atoms with Gasteiger partial charge in [0.1, 0.15) is 0 Å². The van der Waals surface area contributed by atoms with Crippen LogP contribution in [0.15, 0.2) is 52.9 Å². The summed E-state index contributed by atoms with van der Waals surface area (Å²) in [7, 11) is 0. The van der Waals surface area contributed by atoms with Crippen LogP contribution in [0.25, 0.3) is 11.5 Å². The first-order chi connectivity index (χ1) is 14.7. The minimum absolute atomic E-state index is 0.0220. The standard InChI is InChI=1S/C24H28N4O2/c1-18-4-10-21(11-5-18)24-27-26-23(30-24)13-12-22(29)25-16-19-6-8-20(9-7-19)17-28-14-2-3-15-28/h4-11H,2-3,12-17H2,1H3,(H,25,29). The molecule has 0 atom stereocenters. The molecular formula is C24H28N4O2. The summed E-state index contributed by atoms with van der Waals surface area (Å²) in [6.07, 6.45) is 3.37. The number of rotatable bonds is 8. The Bertz CT molecular complexity index is 958. The number of likely N-dealkylation sites (tertiary alicyclic amines) is 1. The number of carbonyl (C=O) groups excluding carboxylic acids is 1. The predicted molar refractivity (Wildman–Crippen MR) is 116 cm³/mol. The van der Waals surface area contributed by atoms with E-state index in [0.29, 0.717) is 31.2 Å². The fourth-order valence-corrected chi connectivity index (χ4v) is 3.64. The number of hydrogen-bond acceptors (Lipinski definition) is 5. The Kier molecular flexibility index (Phi) is 6.54. The maximum Gasteiger partial charge on any atom is 0.247 e. The zero-order valence-corrected chi connectivity index (χ0v) is 17.4. The molecule has 0 radical (unpaired) electrons. The number of benzene rings is 2. The first kappa shape index (κ1) is 20.3. The molecule has 1 aromatic heterocycles. The van der Waals surface area contributed by atoms with Crippen LogP contribution in [0.4, 0.5) is 0 Å². The van der Waals surface area contributed by atoms with Crippen molar-refractivity contribution in [3.63, 3.8) is 0 Å². The molecule has 6 nitrogen and oxygen atoms in total. The Morgan fingerprint density at radius 3 is 2.43 bits per heavy atom. The number of hydrogen-bond donors (Lipinski definition) is 1. The van der Waals surface area contributed by atoms with Crippen molar-refractivity contribution in [2.75, 3.05) is 13.1 Å². The van der Waals surface area contributed by atoms with E-state index in [2.05, 4.69) is 44.7 Å². The van der Waals surface area contributed by atoms with Crippen molar-refractivity contribution in [2.45, 2.75) is 45.7 Å². The van der Waals surface area contributed by atoms with Gasteiger partial charge in [-0.3, -0.25) is 9.69 Å². The first-order valence-electron chi connectivity index (χ1n) is 10.6. The SMILES string of the molecule is Cc1ccc(-c2nnc(CCC(=O)NCc3ccc(CN4CCCC4)cc3)o2)cc1. The van der Waals surface area contributed by atoms with E-state index in [1.165, 1.54) is 37.1 Å².